The van der Waals surface area contributed by atoms with Crippen molar-refractivity contribution in [3.8, 4) is 17.6 Å². The van der Waals surface area contributed by atoms with Gasteiger partial charge in [0.25, 0.3) is 0 Å². The van der Waals surface area contributed by atoms with Crippen LogP contribution in [0.3, 0.4) is 0 Å². The fraction of sp³-hybridized carbons (Fsp3) is 0.125. The molecule has 0 atom stereocenters. The molecule has 0 amide bonds. The van der Waals surface area contributed by atoms with Gasteiger partial charge in [0.05, 0.1) is 31.4 Å². The van der Waals surface area contributed by atoms with Gasteiger partial charge in [-0.25, -0.2) is 4.39 Å². The highest BCUT2D eigenvalue weighted by molar-refractivity contribution is 7.81. The smallest absolute Gasteiger partial charge is 0.175 e. The molecule has 0 aliphatic rings. The van der Waals surface area contributed by atoms with Gasteiger partial charge in [0, 0.05) is 11.8 Å². The minimum Gasteiger partial charge on any atom is -0.497 e. The van der Waals surface area contributed by atoms with E-state index >= 15 is 0 Å². The minimum absolute atomic E-state index is 0.0540. The van der Waals surface area contributed by atoms with Crippen LogP contribution in [-0.4, -0.2) is 19.2 Å². The van der Waals surface area contributed by atoms with Crippen LogP contribution in [0.15, 0.2) is 36.4 Å². The van der Waals surface area contributed by atoms with Crippen molar-refractivity contribution in [1.82, 2.24) is 0 Å². The topological polar surface area (TPSA) is 54.3 Å². The Morgan fingerprint density at radius 2 is 1.86 bits per heavy atom. The zero-order valence-corrected chi connectivity index (χ0v) is 12.8. The number of hydrogen-bond acceptors (Lipinski definition) is 4. The van der Waals surface area contributed by atoms with Gasteiger partial charge in [0.2, 0.25) is 0 Å². The summed E-state index contributed by atoms with van der Waals surface area (Å²) in [4.78, 5) is 0.194. The van der Waals surface area contributed by atoms with Gasteiger partial charge in [-0.15, -0.1) is 0 Å². The highest BCUT2D eigenvalue weighted by atomic mass is 32.1. The summed E-state index contributed by atoms with van der Waals surface area (Å²) in [6.45, 7) is 0. The third-order valence-corrected chi connectivity index (χ3v) is 3.31. The third-order valence-electron chi connectivity index (χ3n) is 2.98. The van der Waals surface area contributed by atoms with E-state index in [4.69, 9.17) is 27.0 Å². The summed E-state index contributed by atoms with van der Waals surface area (Å²) in [6.07, 6.45) is 0. The van der Waals surface area contributed by atoms with Gasteiger partial charge in [-0.3, -0.25) is 0 Å². The van der Waals surface area contributed by atoms with E-state index in [-0.39, 0.29) is 16.3 Å². The van der Waals surface area contributed by atoms with E-state index in [1.54, 1.807) is 24.3 Å². The van der Waals surface area contributed by atoms with Crippen LogP contribution in [0.2, 0.25) is 0 Å². The molecule has 0 saturated heterocycles. The van der Waals surface area contributed by atoms with Crippen LogP contribution in [0.4, 0.5) is 10.1 Å². The Labute approximate surface area is 133 Å². The van der Waals surface area contributed by atoms with E-state index in [0.717, 1.165) is 0 Å². The lowest BCUT2D eigenvalue weighted by molar-refractivity contribution is 0.373. The van der Waals surface area contributed by atoms with Crippen molar-refractivity contribution in [2.75, 3.05) is 19.5 Å². The maximum absolute atomic E-state index is 14.3. The molecule has 4 nitrogen and oxygen atoms in total. The molecule has 112 valence electrons. The van der Waals surface area contributed by atoms with Gasteiger partial charge in [-0.1, -0.05) is 12.2 Å². The predicted octanol–water partition coefficient (Wildman–Crippen LogP) is 3.50. The average Bonchev–Trinajstić information content (AvgIpc) is 2.55. The first kappa shape index (κ1) is 15.7. The zero-order valence-electron chi connectivity index (χ0n) is 12.0. The van der Waals surface area contributed by atoms with Crippen molar-refractivity contribution >= 4 is 22.9 Å². The molecule has 2 aromatic rings. The Morgan fingerprint density at radius 3 is 2.41 bits per heavy atom. The number of anilines is 1. The van der Waals surface area contributed by atoms with E-state index in [1.165, 1.54) is 26.4 Å². The second kappa shape index (κ2) is 6.87. The summed E-state index contributed by atoms with van der Waals surface area (Å²) >= 11 is 5.24. The summed E-state index contributed by atoms with van der Waals surface area (Å²) in [7, 11) is 2.85. The molecule has 0 bridgehead atoms. The number of nitrogens with zero attached hydrogens (tertiary/aromatic N) is 1. The van der Waals surface area contributed by atoms with Gasteiger partial charge < -0.3 is 14.8 Å². The molecular formula is C16H13FN2O2S. The zero-order chi connectivity index (χ0) is 16.1. The summed E-state index contributed by atoms with van der Waals surface area (Å²) in [5, 5.41) is 11.7. The van der Waals surface area contributed by atoms with Crippen LogP contribution >= 0.6 is 12.2 Å². The molecule has 2 aromatic carbocycles. The number of halogens is 1. The molecular weight excluding hydrogens is 303 g/mol. The molecule has 0 aromatic heterocycles. The van der Waals surface area contributed by atoms with Crippen molar-refractivity contribution < 1.29 is 13.9 Å². The Morgan fingerprint density at radius 1 is 1.18 bits per heavy atom. The van der Waals surface area contributed by atoms with Crippen molar-refractivity contribution in [2.45, 2.75) is 0 Å². The fourth-order valence-electron chi connectivity index (χ4n) is 1.83. The summed E-state index contributed by atoms with van der Waals surface area (Å²) in [6, 6.07) is 11.7. The third kappa shape index (κ3) is 3.32. The van der Waals surface area contributed by atoms with E-state index in [0.29, 0.717) is 17.0 Å². The van der Waals surface area contributed by atoms with E-state index in [9.17, 15) is 4.39 Å². The number of rotatable bonds is 4. The lowest BCUT2D eigenvalue weighted by Crippen LogP contribution is -2.13. The van der Waals surface area contributed by atoms with Crippen LogP contribution in [0, 0.1) is 17.1 Å². The minimum atomic E-state index is -0.561. The van der Waals surface area contributed by atoms with Gasteiger partial charge in [-0.05, 0) is 30.3 Å². The largest absolute Gasteiger partial charge is 0.497 e. The molecule has 1 N–H and O–H groups in total. The van der Waals surface area contributed by atoms with Crippen LogP contribution in [0.25, 0.3) is 0 Å². The van der Waals surface area contributed by atoms with Crippen molar-refractivity contribution in [1.29, 1.82) is 5.26 Å². The lowest BCUT2D eigenvalue weighted by Gasteiger charge is -2.13. The molecule has 22 heavy (non-hydrogen) atoms. The van der Waals surface area contributed by atoms with Crippen LogP contribution in [0.5, 0.6) is 11.5 Å². The lowest BCUT2D eigenvalue weighted by atomic mass is 10.1. The van der Waals surface area contributed by atoms with Gasteiger partial charge in [0.15, 0.2) is 11.6 Å². The van der Waals surface area contributed by atoms with Crippen LogP contribution in [-0.2, 0) is 0 Å². The first-order valence-corrected chi connectivity index (χ1v) is 6.73. The predicted molar refractivity (Wildman–Crippen MR) is 86.0 cm³/mol. The van der Waals surface area contributed by atoms with Crippen LogP contribution < -0.4 is 14.8 Å². The number of thiocarbonyl (C=S) groups is 1. The SMILES string of the molecule is COc1cc(OC)c(F)c(C(=S)Nc2ccc(C#N)cc2)c1. The number of nitriles is 1. The number of methoxy groups -OCH3 is 2. The fourth-order valence-corrected chi connectivity index (χ4v) is 2.10. The Bertz CT molecular complexity index is 739. The van der Waals surface area contributed by atoms with E-state index in [2.05, 4.69) is 5.32 Å². The molecule has 0 aliphatic heterocycles. The monoisotopic (exact) mass is 316 g/mol. The van der Waals surface area contributed by atoms with E-state index < -0.39 is 5.82 Å². The molecule has 0 fully saturated rings. The summed E-state index contributed by atoms with van der Waals surface area (Å²) in [5.41, 5.74) is 1.37. The average molecular weight is 316 g/mol. The normalized spacial score (nSPS) is 9.73. The van der Waals surface area contributed by atoms with Gasteiger partial charge >= 0.3 is 0 Å². The molecule has 0 radical (unpaired) electrons. The number of hydrogen-bond donors (Lipinski definition) is 1. The van der Waals surface area contributed by atoms with Gasteiger partial charge in [-0.2, -0.15) is 5.26 Å². The Kier molecular flexibility index (Phi) is 4.92. The maximum atomic E-state index is 14.3. The highest BCUT2D eigenvalue weighted by Gasteiger charge is 2.16. The molecule has 6 heteroatoms. The maximum Gasteiger partial charge on any atom is 0.175 e. The van der Waals surface area contributed by atoms with Crippen molar-refractivity contribution in [3.63, 3.8) is 0 Å². The van der Waals surface area contributed by atoms with Crippen molar-refractivity contribution in [3.05, 3.63) is 53.3 Å². The first-order valence-electron chi connectivity index (χ1n) is 6.32. The number of benzene rings is 2. The first-order chi connectivity index (χ1) is 10.6. The van der Waals surface area contributed by atoms with Gasteiger partial charge in [0.1, 0.15) is 10.7 Å². The van der Waals surface area contributed by atoms with Crippen molar-refractivity contribution in [2.24, 2.45) is 0 Å². The quantitative estimate of drug-likeness (QED) is 0.875. The molecule has 0 saturated carbocycles. The second-order valence-corrected chi connectivity index (χ2v) is 4.74. The highest BCUT2D eigenvalue weighted by Crippen LogP contribution is 2.28. The number of nitrogens with one attached hydrogen (secondary N) is 1. The molecule has 2 rings (SSSR count). The summed E-state index contributed by atoms with van der Waals surface area (Å²) in [5.74, 6) is -0.0648. The molecule has 0 aliphatic carbocycles. The number of ether oxygens (including phenoxy) is 2. The molecule has 0 spiro atoms. The van der Waals surface area contributed by atoms with Crippen LogP contribution in [0.1, 0.15) is 11.1 Å². The van der Waals surface area contributed by atoms with E-state index in [1.807, 2.05) is 6.07 Å². The molecule has 0 heterocycles. The second-order valence-electron chi connectivity index (χ2n) is 4.33. The Balaban J connectivity index is 2.30. The Hall–Kier alpha value is -2.65. The standard InChI is InChI=1S/C16H13FN2O2S/c1-20-12-7-13(15(17)14(8-12)21-2)16(22)19-11-5-3-10(9-18)4-6-11/h3-8H,1-2H3,(H,19,22). The summed E-state index contributed by atoms with van der Waals surface area (Å²) < 4.78 is 24.4. The molecule has 0 unspecified atom stereocenters.